The normalized spacial score (nSPS) is 13.8. The Morgan fingerprint density at radius 2 is 2.12 bits per heavy atom. The molecule has 4 rings (SSSR count). The molecule has 0 atom stereocenters. The molecule has 3 aromatic rings. The number of aryl methyl sites for hydroxylation is 1. The summed E-state index contributed by atoms with van der Waals surface area (Å²) >= 11 is 1.55. The maximum atomic E-state index is 11.6. The van der Waals surface area contributed by atoms with Crippen molar-refractivity contribution in [2.45, 2.75) is 19.3 Å². The fourth-order valence-corrected chi connectivity index (χ4v) is 3.47. The molecule has 0 bridgehead atoms. The van der Waals surface area contributed by atoms with Crippen LogP contribution in [-0.2, 0) is 11.2 Å². The van der Waals surface area contributed by atoms with E-state index in [2.05, 4.69) is 26.7 Å². The molecule has 3 heterocycles. The molecule has 0 fully saturated rings. The average molecular weight is 336 g/mol. The zero-order valence-electron chi connectivity index (χ0n) is 13.0. The second kappa shape index (κ2) is 6.41. The van der Waals surface area contributed by atoms with E-state index in [0.717, 1.165) is 40.7 Å². The number of nitrogens with zero attached hydrogens (tertiary/aromatic N) is 2. The smallest absolute Gasteiger partial charge is 0.224 e. The maximum absolute atomic E-state index is 11.6. The molecule has 0 unspecified atom stereocenters. The topological polar surface area (TPSA) is 66.9 Å². The Labute approximate surface area is 143 Å². The van der Waals surface area contributed by atoms with E-state index in [4.69, 9.17) is 0 Å². The lowest BCUT2D eigenvalue weighted by atomic mass is 10.0. The van der Waals surface area contributed by atoms with Crippen molar-refractivity contribution in [3.05, 3.63) is 53.5 Å². The van der Waals surface area contributed by atoms with Gasteiger partial charge in [-0.25, -0.2) is 9.97 Å². The van der Waals surface area contributed by atoms with Gasteiger partial charge in [-0.1, -0.05) is 12.1 Å². The third-order valence-corrected chi connectivity index (χ3v) is 4.69. The van der Waals surface area contributed by atoms with Crippen LogP contribution in [0, 0.1) is 0 Å². The van der Waals surface area contributed by atoms with Crippen LogP contribution in [0.5, 0.6) is 0 Å². The fraction of sp³-hybridized carbons (Fsp3) is 0.167. The van der Waals surface area contributed by atoms with Gasteiger partial charge in [0, 0.05) is 29.2 Å². The van der Waals surface area contributed by atoms with Gasteiger partial charge in [0.1, 0.15) is 5.82 Å². The zero-order valence-corrected chi connectivity index (χ0v) is 13.8. The quantitative estimate of drug-likeness (QED) is 0.751. The van der Waals surface area contributed by atoms with E-state index in [0.29, 0.717) is 6.42 Å². The molecule has 1 aliphatic heterocycles. The Morgan fingerprint density at radius 1 is 1.17 bits per heavy atom. The van der Waals surface area contributed by atoms with Gasteiger partial charge in [-0.2, -0.15) is 0 Å². The van der Waals surface area contributed by atoms with Crippen LogP contribution >= 0.6 is 11.3 Å². The summed E-state index contributed by atoms with van der Waals surface area (Å²) in [5, 5.41) is 9.02. The van der Waals surface area contributed by atoms with E-state index < -0.39 is 0 Å². The Morgan fingerprint density at radius 3 is 3.00 bits per heavy atom. The number of carbonyl (C=O) groups is 1. The van der Waals surface area contributed by atoms with Gasteiger partial charge in [0.25, 0.3) is 0 Å². The second-order valence-corrected chi connectivity index (χ2v) is 6.51. The van der Waals surface area contributed by atoms with Crippen molar-refractivity contribution in [3.8, 4) is 11.3 Å². The standard InChI is InChI=1S/C18H16N4OS/c23-17-6-3-4-12-10-13(7-8-14(12)20-17)15-11-24-18(21-15)22-16-5-1-2-9-19-16/h1-2,5,7-11H,3-4,6H2,(H,20,23)(H,19,21,22). The van der Waals surface area contributed by atoms with Crippen LogP contribution in [-0.4, -0.2) is 15.9 Å². The van der Waals surface area contributed by atoms with Crippen LogP contribution in [0.2, 0.25) is 0 Å². The third kappa shape index (κ3) is 3.14. The van der Waals surface area contributed by atoms with Crippen LogP contribution in [0.3, 0.4) is 0 Å². The lowest BCUT2D eigenvalue weighted by molar-refractivity contribution is -0.116. The number of fused-ring (bicyclic) bond motifs is 1. The van der Waals surface area contributed by atoms with Crippen molar-refractivity contribution in [1.29, 1.82) is 0 Å². The number of benzene rings is 1. The molecule has 1 aromatic carbocycles. The van der Waals surface area contributed by atoms with E-state index in [1.54, 1.807) is 17.5 Å². The number of amides is 1. The number of hydrogen-bond acceptors (Lipinski definition) is 5. The lowest BCUT2D eigenvalue weighted by Gasteiger charge is -2.08. The van der Waals surface area contributed by atoms with Gasteiger partial charge < -0.3 is 10.6 Å². The van der Waals surface area contributed by atoms with E-state index in [9.17, 15) is 4.79 Å². The number of nitrogens with one attached hydrogen (secondary N) is 2. The number of anilines is 3. The molecule has 0 aliphatic carbocycles. The number of carbonyl (C=O) groups excluding carboxylic acids is 1. The SMILES string of the molecule is O=C1CCCc2cc(-c3csc(Nc4ccccn4)n3)ccc2N1. The molecule has 2 aromatic heterocycles. The first-order valence-corrected chi connectivity index (χ1v) is 8.73. The minimum absolute atomic E-state index is 0.0944. The van der Waals surface area contributed by atoms with E-state index in [1.165, 1.54) is 5.56 Å². The van der Waals surface area contributed by atoms with Gasteiger partial charge in [-0.3, -0.25) is 4.79 Å². The summed E-state index contributed by atoms with van der Waals surface area (Å²) in [7, 11) is 0. The van der Waals surface area contributed by atoms with Gasteiger partial charge in [0.2, 0.25) is 5.91 Å². The third-order valence-electron chi connectivity index (χ3n) is 3.93. The van der Waals surface area contributed by atoms with E-state index in [-0.39, 0.29) is 5.91 Å². The molecule has 1 aliphatic rings. The highest BCUT2D eigenvalue weighted by molar-refractivity contribution is 7.14. The van der Waals surface area contributed by atoms with Crippen LogP contribution in [0.1, 0.15) is 18.4 Å². The van der Waals surface area contributed by atoms with Gasteiger partial charge in [-0.05, 0) is 42.7 Å². The first-order valence-electron chi connectivity index (χ1n) is 7.85. The summed E-state index contributed by atoms with van der Waals surface area (Å²) in [6.07, 6.45) is 4.12. The molecule has 0 saturated heterocycles. The number of thiazole rings is 1. The second-order valence-electron chi connectivity index (χ2n) is 5.65. The number of aromatic nitrogens is 2. The Balaban J connectivity index is 1.58. The maximum Gasteiger partial charge on any atom is 0.224 e. The molecular weight excluding hydrogens is 320 g/mol. The Hall–Kier alpha value is -2.73. The molecule has 0 spiro atoms. The predicted octanol–water partition coefficient (Wildman–Crippen LogP) is 4.22. The molecule has 6 heteroatoms. The van der Waals surface area contributed by atoms with Crippen molar-refractivity contribution in [1.82, 2.24) is 9.97 Å². The predicted molar refractivity (Wildman–Crippen MR) is 96.6 cm³/mol. The highest BCUT2D eigenvalue weighted by Gasteiger charge is 2.14. The molecule has 0 radical (unpaired) electrons. The van der Waals surface area contributed by atoms with Crippen LogP contribution in [0.25, 0.3) is 11.3 Å². The number of pyridine rings is 1. The molecule has 0 saturated carbocycles. The number of hydrogen-bond donors (Lipinski definition) is 2. The van der Waals surface area contributed by atoms with Crippen molar-refractivity contribution < 1.29 is 4.79 Å². The monoisotopic (exact) mass is 336 g/mol. The van der Waals surface area contributed by atoms with Crippen molar-refractivity contribution >= 4 is 33.9 Å². The highest BCUT2D eigenvalue weighted by Crippen LogP contribution is 2.31. The van der Waals surface area contributed by atoms with Crippen molar-refractivity contribution in [3.63, 3.8) is 0 Å². The summed E-state index contributed by atoms with van der Waals surface area (Å²) in [4.78, 5) is 20.5. The first-order chi connectivity index (χ1) is 11.8. The van der Waals surface area contributed by atoms with Crippen LogP contribution < -0.4 is 10.6 Å². The van der Waals surface area contributed by atoms with Gasteiger partial charge in [0.15, 0.2) is 5.13 Å². The number of rotatable bonds is 3. The molecule has 24 heavy (non-hydrogen) atoms. The van der Waals surface area contributed by atoms with E-state index >= 15 is 0 Å². The van der Waals surface area contributed by atoms with Crippen LogP contribution in [0.15, 0.2) is 48.0 Å². The molecule has 120 valence electrons. The molecule has 2 N–H and O–H groups in total. The van der Waals surface area contributed by atoms with E-state index in [1.807, 2.05) is 35.7 Å². The first kappa shape index (κ1) is 14.8. The van der Waals surface area contributed by atoms with Gasteiger partial charge >= 0.3 is 0 Å². The average Bonchev–Trinajstić information content (AvgIpc) is 2.97. The summed E-state index contributed by atoms with van der Waals surface area (Å²) in [6.45, 7) is 0. The minimum atomic E-state index is 0.0944. The van der Waals surface area contributed by atoms with Crippen molar-refractivity contribution in [2.75, 3.05) is 10.6 Å². The largest absolute Gasteiger partial charge is 0.326 e. The minimum Gasteiger partial charge on any atom is -0.326 e. The molecular formula is C18H16N4OS. The highest BCUT2D eigenvalue weighted by atomic mass is 32.1. The van der Waals surface area contributed by atoms with Gasteiger partial charge in [-0.15, -0.1) is 11.3 Å². The van der Waals surface area contributed by atoms with Crippen molar-refractivity contribution in [2.24, 2.45) is 0 Å². The Kier molecular flexibility index (Phi) is 3.96. The summed E-state index contributed by atoms with van der Waals surface area (Å²) < 4.78 is 0. The summed E-state index contributed by atoms with van der Waals surface area (Å²) in [5.74, 6) is 0.875. The van der Waals surface area contributed by atoms with Gasteiger partial charge in [0.05, 0.1) is 5.69 Å². The lowest BCUT2D eigenvalue weighted by Crippen LogP contribution is -2.09. The zero-order chi connectivity index (χ0) is 16.4. The molecule has 1 amide bonds. The fourth-order valence-electron chi connectivity index (χ4n) is 2.74. The summed E-state index contributed by atoms with van der Waals surface area (Å²) in [6, 6.07) is 11.8. The summed E-state index contributed by atoms with van der Waals surface area (Å²) in [5.41, 5.74) is 4.08. The van der Waals surface area contributed by atoms with Crippen LogP contribution in [0.4, 0.5) is 16.6 Å². The molecule has 5 nitrogen and oxygen atoms in total. The Bertz CT molecular complexity index is 876.